The van der Waals surface area contributed by atoms with Gasteiger partial charge in [0.2, 0.25) is 0 Å². The van der Waals surface area contributed by atoms with Crippen LogP contribution in [-0.2, 0) is 6.42 Å². The molecule has 0 amide bonds. The molecule has 112 valence electrons. The van der Waals surface area contributed by atoms with Gasteiger partial charge in [0.15, 0.2) is 5.82 Å². The lowest BCUT2D eigenvalue weighted by atomic mass is 10.1. The first-order valence-electron chi connectivity index (χ1n) is 6.93. The third-order valence-corrected chi connectivity index (χ3v) is 4.32. The summed E-state index contributed by atoms with van der Waals surface area (Å²) < 4.78 is 14.8. The van der Waals surface area contributed by atoms with Crippen molar-refractivity contribution < 1.29 is 4.39 Å². The number of rotatable bonds is 4. The number of aromatic nitrogens is 2. The van der Waals surface area contributed by atoms with Crippen LogP contribution in [0.15, 0.2) is 18.2 Å². The van der Waals surface area contributed by atoms with Crippen LogP contribution in [0.1, 0.15) is 25.1 Å². The highest BCUT2D eigenvalue weighted by atomic mass is 127. The van der Waals surface area contributed by atoms with Gasteiger partial charge in [0.25, 0.3) is 0 Å². The first-order valence-corrected chi connectivity index (χ1v) is 8.01. The number of hydrogen-bond donors (Lipinski definition) is 1. The van der Waals surface area contributed by atoms with Gasteiger partial charge in [-0.2, -0.15) is 0 Å². The third kappa shape index (κ3) is 3.70. The van der Waals surface area contributed by atoms with Gasteiger partial charge in [0.05, 0.1) is 9.26 Å². The fraction of sp³-hybridized carbons (Fsp3) is 0.375. The summed E-state index contributed by atoms with van der Waals surface area (Å²) in [4.78, 5) is 9.14. The summed E-state index contributed by atoms with van der Waals surface area (Å²) in [7, 11) is 1.84. The van der Waals surface area contributed by atoms with E-state index in [1.165, 1.54) is 6.07 Å². The highest BCUT2D eigenvalue weighted by Crippen LogP contribution is 2.26. The Hall–Kier alpha value is -1.24. The molecule has 21 heavy (non-hydrogen) atoms. The minimum absolute atomic E-state index is 0.230. The van der Waals surface area contributed by atoms with Crippen LogP contribution in [-0.4, -0.2) is 17.0 Å². The lowest BCUT2D eigenvalue weighted by Gasteiger charge is -2.13. The molecule has 2 aromatic rings. The van der Waals surface area contributed by atoms with Gasteiger partial charge >= 0.3 is 0 Å². The molecule has 2 rings (SSSR count). The Balaban J connectivity index is 2.54. The molecule has 0 aliphatic rings. The minimum Gasteiger partial charge on any atom is -0.372 e. The number of anilines is 1. The van der Waals surface area contributed by atoms with Crippen molar-refractivity contribution in [2.45, 2.75) is 27.2 Å². The monoisotopic (exact) mass is 399 g/mol. The summed E-state index contributed by atoms with van der Waals surface area (Å²) in [5, 5.41) is 3.09. The molecule has 0 aliphatic carbocycles. The van der Waals surface area contributed by atoms with Crippen LogP contribution in [0.25, 0.3) is 11.4 Å². The quantitative estimate of drug-likeness (QED) is 0.773. The zero-order valence-corrected chi connectivity index (χ0v) is 14.8. The van der Waals surface area contributed by atoms with Crippen molar-refractivity contribution in [3.05, 3.63) is 38.8 Å². The summed E-state index contributed by atoms with van der Waals surface area (Å²) in [5.74, 6) is 1.62. The van der Waals surface area contributed by atoms with E-state index in [9.17, 15) is 4.39 Å². The van der Waals surface area contributed by atoms with Crippen molar-refractivity contribution in [1.29, 1.82) is 0 Å². The number of nitrogens with one attached hydrogen (secondary N) is 1. The second-order valence-corrected chi connectivity index (χ2v) is 6.55. The Morgan fingerprint density at radius 2 is 2.00 bits per heavy atom. The summed E-state index contributed by atoms with van der Waals surface area (Å²) in [6, 6.07) is 5.11. The minimum atomic E-state index is -0.230. The molecule has 0 unspecified atom stereocenters. The number of halogens is 2. The van der Waals surface area contributed by atoms with E-state index >= 15 is 0 Å². The standard InChI is InChI=1S/C16H19FIN3/c1-9(2)7-13-14(18)16(19-4)21-15(20-13)11-6-5-10(3)12(17)8-11/h5-6,8-9H,7H2,1-4H3,(H,19,20,21). The summed E-state index contributed by atoms with van der Waals surface area (Å²) in [5.41, 5.74) is 2.33. The zero-order chi connectivity index (χ0) is 15.6. The van der Waals surface area contributed by atoms with Crippen molar-refractivity contribution >= 4 is 28.4 Å². The van der Waals surface area contributed by atoms with Crippen molar-refractivity contribution in [2.24, 2.45) is 5.92 Å². The average Bonchev–Trinajstić information content (AvgIpc) is 2.43. The maximum atomic E-state index is 13.8. The molecule has 0 aliphatic heterocycles. The molecule has 0 fully saturated rings. The van der Waals surface area contributed by atoms with Crippen LogP contribution in [0.5, 0.6) is 0 Å². The van der Waals surface area contributed by atoms with Gasteiger partial charge in [-0.1, -0.05) is 26.0 Å². The van der Waals surface area contributed by atoms with E-state index in [-0.39, 0.29) is 5.82 Å². The molecule has 0 saturated heterocycles. The lowest BCUT2D eigenvalue weighted by Crippen LogP contribution is -2.08. The molecular weight excluding hydrogens is 380 g/mol. The first-order chi connectivity index (χ1) is 9.92. The van der Waals surface area contributed by atoms with Crippen molar-refractivity contribution in [3.8, 4) is 11.4 Å². The third-order valence-electron chi connectivity index (χ3n) is 3.19. The van der Waals surface area contributed by atoms with E-state index in [4.69, 9.17) is 0 Å². The molecule has 0 saturated carbocycles. The van der Waals surface area contributed by atoms with E-state index < -0.39 is 0 Å². The van der Waals surface area contributed by atoms with E-state index in [2.05, 4.69) is 51.7 Å². The summed E-state index contributed by atoms with van der Waals surface area (Å²) in [6.45, 7) is 6.06. The Labute approximate surface area is 138 Å². The van der Waals surface area contributed by atoms with Crippen LogP contribution in [0, 0.1) is 22.2 Å². The number of hydrogen-bond acceptors (Lipinski definition) is 3. The maximum Gasteiger partial charge on any atom is 0.161 e. The van der Waals surface area contributed by atoms with Crippen LogP contribution >= 0.6 is 22.6 Å². The maximum absolute atomic E-state index is 13.8. The lowest BCUT2D eigenvalue weighted by molar-refractivity contribution is 0.618. The fourth-order valence-electron chi connectivity index (χ4n) is 2.04. The first kappa shape index (κ1) is 16.1. The fourth-order valence-corrected chi connectivity index (χ4v) is 2.77. The molecule has 1 N–H and O–H groups in total. The van der Waals surface area contributed by atoms with Gasteiger partial charge in [-0.25, -0.2) is 14.4 Å². The largest absolute Gasteiger partial charge is 0.372 e. The summed E-state index contributed by atoms with van der Waals surface area (Å²) >= 11 is 2.26. The second kappa shape index (κ2) is 6.68. The van der Waals surface area contributed by atoms with Gasteiger partial charge in [-0.15, -0.1) is 0 Å². The molecule has 1 heterocycles. The van der Waals surface area contributed by atoms with Gasteiger partial charge in [-0.3, -0.25) is 0 Å². The Kier molecular flexibility index (Phi) is 5.13. The van der Waals surface area contributed by atoms with Crippen LogP contribution in [0.3, 0.4) is 0 Å². The molecule has 0 bridgehead atoms. The Morgan fingerprint density at radius 3 is 2.57 bits per heavy atom. The van der Waals surface area contributed by atoms with Gasteiger partial charge in [0.1, 0.15) is 11.6 Å². The van der Waals surface area contributed by atoms with Gasteiger partial charge in [-0.05, 0) is 53.5 Å². The van der Waals surface area contributed by atoms with Crippen molar-refractivity contribution in [1.82, 2.24) is 9.97 Å². The van der Waals surface area contributed by atoms with Crippen molar-refractivity contribution in [3.63, 3.8) is 0 Å². The van der Waals surface area contributed by atoms with E-state index in [1.54, 1.807) is 13.0 Å². The van der Waals surface area contributed by atoms with E-state index in [0.29, 0.717) is 22.9 Å². The molecule has 3 nitrogen and oxygen atoms in total. The van der Waals surface area contributed by atoms with Crippen LogP contribution in [0.4, 0.5) is 10.2 Å². The molecule has 1 aromatic heterocycles. The van der Waals surface area contributed by atoms with Gasteiger partial charge in [0, 0.05) is 12.6 Å². The molecule has 0 atom stereocenters. The van der Waals surface area contributed by atoms with E-state index in [0.717, 1.165) is 21.5 Å². The molecule has 5 heteroatoms. The molecule has 1 aromatic carbocycles. The second-order valence-electron chi connectivity index (χ2n) is 5.47. The molecular formula is C16H19FIN3. The average molecular weight is 399 g/mol. The number of nitrogens with zero attached hydrogens (tertiary/aromatic N) is 2. The van der Waals surface area contributed by atoms with Crippen LogP contribution < -0.4 is 5.32 Å². The zero-order valence-electron chi connectivity index (χ0n) is 12.7. The number of benzene rings is 1. The number of aryl methyl sites for hydroxylation is 1. The van der Waals surface area contributed by atoms with Crippen LogP contribution in [0.2, 0.25) is 0 Å². The van der Waals surface area contributed by atoms with Crippen molar-refractivity contribution in [2.75, 3.05) is 12.4 Å². The highest BCUT2D eigenvalue weighted by Gasteiger charge is 2.14. The molecule has 0 spiro atoms. The highest BCUT2D eigenvalue weighted by molar-refractivity contribution is 14.1. The Bertz CT molecular complexity index is 656. The smallest absolute Gasteiger partial charge is 0.161 e. The predicted molar refractivity (Wildman–Crippen MR) is 93.0 cm³/mol. The SMILES string of the molecule is CNc1nc(-c2ccc(C)c(F)c2)nc(CC(C)C)c1I. The van der Waals surface area contributed by atoms with Gasteiger partial charge < -0.3 is 5.32 Å². The van der Waals surface area contributed by atoms with E-state index in [1.807, 2.05) is 13.1 Å². The molecule has 0 radical (unpaired) electrons. The Morgan fingerprint density at radius 1 is 1.29 bits per heavy atom. The topological polar surface area (TPSA) is 37.8 Å². The predicted octanol–water partition coefficient (Wildman–Crippen LogP) is 4.44. The summed E-state index contributed by atoms with van der Waals surface area (Å²) in [6.07, 6.45) is 0.872. The normalized spacial score (nSPS) is 11.0.